The summed E-state index contributed by atoms with van der Waals surface area (Å²) in [6.45, 7) is 0.682. The molecule has 3 rings (SSSR count). The first-order valence-corrected chi connectivity index (χ1v) is 7.16. The summed E-state index contributed by atoms with van der Waals surface area (Å²) in [7, 11) is 0. The second kappa shape index (κ2) is 5.91. The second-order valence-corrected chi connectivity index (χ2v) is 5.18. The molecule has 0 heterocycles. The zero-order valence-electron chi connectivity index (χ0n) is 11.5. The summed E-state index contributed by atoms with van der Waals surface area (Å²) in [4.78, 5) is 11.7. The van der Waals surface area contributed by atoms with Crippen molar-refractivity contribution in [3.63, 3.8) is 0 Å². The van der Waals surface area contributed by atoms with Gasteiger partial charge in [0.2, 0.25) is 0 Å². The predicted octanol–water partition coefficient (Wildman–Crippen LogP) is 3.83. The van der Waals surface area contributed by atoms with E-state index in [1.54, 1.807) is 0 Å². The molecule has 0 unspecified atom stereocenters. The summed E-state index contributed by atoms with van der Waals surface area (Å²) < 4.78 is 5.75. The third-order valence-corrected chi connectivity index (χ3v) is 3.72. The summed E-state index contributed by atoms with van der Waals surface area (Å²) in [6.07, 6.45) is 3.52. The van der Waals surface area contributed by atoms with Gasteiger partial charge in [0.1, 0.15) is 5.75 Å². The van der Waals surface area contributed by atoms with Crippen LogP contribution in [0.5, 0.6) is 5.75 Å². The van der Waals surface area contributed by atoms with Crippen LogP contribution in [-0.4, -0.2) is 12.4 Å². The summed E-state index contributed by atoms with van der Waals surface area (Å²) in [6, 6.07) is 16.3. The summed E-state index contributed by atoms with van der Waals surface area (Å²) in [5, 5.41) is 0. The average Bonchev–Trinajstić information content (AvgIpc) is 2.86. The molecule has 0 spiro atoms. The Labute approximate surface area is 119 Å². The fraction of sp³-hybridized carbons (Fsp3) is 0.278. The largest absolute Gasteiger partial charge is 0.494 e. The number of hydrogen-bond donors (Lipinski definition) is 0. The van der Waals surface area contributed by atoms with Crippen molar-refractivity contribution in [3.05, 3.63) is 65.2 Å². The highest BCUT2D eigenvalue weighted by Crippen LogP contribution is 2.26. The van der Waals surface area contributed by atoms with E-state index in [2.05, 4.69) is 24.3 Å². The molecule has 2 nitrogen and oxygen atoms in total. The van der Waals surface area contributed by atoms with Crippen molar-refractivity contribution in [1.29, 1.82) is 0 Å². The van der Waals surface area contributed by atoms with Crippen LogP contribution in [0.4, 0.5) is 0 Å². The number of ether oxygens (including phenoxy) is 1. The molecule has 0 radical (unpaired) electrons. The molecule has 2 aromatic rings. The van der Waals surface area contributed by atoms with Gasteiger partial charge in [-0.05, 0) is 42.5 Å². The van der Waals surface area contributed by atoms with Gasteiger partial charge in [0.15, 0.2) is 5.78 Å². The van der Waals surface area contributed by atoms with Gasteiger partial charge in [-0.3, -0.25) is 4.79 Å². The summed E-state index contributed by atoms with van der Waals surface area (Å²) in [5.74, 6) is 1.06. The molecule has 20 heavy (non-hydrogen) atoms. The van der Waals surface area contributed by atoms with E-state index in [1.165, 1.54) is 5.56 Å². The number of Topliss-reactive ketones (excluding diaryl/α,β-unsaturated/α-hetero) is 1. The van der Waals surface area contributed by atoms with Crippen LogP contribution in [0.3, 0.4) is 0 Å². The highest BCUT2D eigenvalue weighted by molar-refractivity contribution is 6.00. The quantitative estimate of drug-likeness (QED) is 0.769. The molecule has 1 aliphatic carbocycles. The third-order valence-electron chi connectivity index (χ3n) is 3.72. The van der Waals surface area contributed by atoms with Crippen LogP contribution in [0.2, 0.25) is 0 Å². The Morgan fingerprint density at radius 3 is 2.70 bits per heavy atom. The molecule has 0 saturated heterocycles. The van der Waals surface area contributed by atoms with E-state index < -0.39 is 0 Å². The van der Waals surface area contributed by atoms with Crippen LogP contribution < -0.4 is 4.74 Å². The number of fused-ring (bicyclic) bond motifs is 1. The van der Waals surface area contributed by atoms with E-state index in [0.717, 1.165) is 36.1 Å². The minimum absolute atomic E-state index is 0.245. The maximum Gasteiger partial charge on any atom is 0.163 e. The van der Waals surface area contributed by atoms with Crippen molar-refractivity contribution in [2.75, 3.05) is 6.61 Å². The molecule has 0 fully saturated rings. The van der Waals surface area contributed by atoms with Crippen LogP contribution in [0, 0.1) is 0 Å². The fourth-order valence-electron chi connectivity index (χ4n) is 2.62. The van der Waals surface area contributed by atoms with Gasteiger partial charge < -0.3 is 4.74 Å². The lowest BCUT2D eigenvalue weighted by Crippen LogP contribution is -2.00. The highest BCUT2D eigenvalue weighted by atomic mass is 16.5. The molecule has 2 heteroatoms. The highest BCUT2D eigenvalue weighted by Gasteiger charge is 2.19. The van der Waals surface area contributed by atoms with Gasteiger partial charge in [-0.2, -0.15) is 0 Å². The average molecular weight is 266 g/mol. The monoisotopic (exact) mass is 266 g/mol. The molecule has 0 atom stereocenters. The fourth-order valence-corrected chi connectivity index (χ4v) is 2.62. The maximum atomic E-state index is 11.7. The minimum atomic E-state index is 0.245. The lowest BCUT2D eigenvalue weighted by molar-refractivity contribution is 0.0994. The number of ketones is 1. The zero-order valence-corrected chi connectivity index (χ0v) is 11.5. The Morgan fingerprint density at radius 1 is 1.00 bits per heavy atom. The summed E-state index contributed by atoms with van der Waals surface area (Å²) in [5.41, 5.74) is 3.34. The van der Waals surface area contributed by atoms with Gasteiger partial charge in [-0.15, -0.1) is 0 Å². The lowest BCUT2D eigenvalue weighted by atomic mass is 10.1. The molecule has 0 saturated carbocycles. The van der Waals surface area contributed by atoms with Crippen molar-refractivity contribution in [2.24, 2.45) is 0 Å². The SMILES string of the molecule is O=C1CCc2ccc(OCCCc3ccccc3)cc21. The Kier molecular flexibility index (Phi) is 3.82. The Morgan fingerprint density at radius 2 is 1.85 bits per heavy atom. The van der Waals surface area contributed by atoms with E-state index in [1.807, 2.05) is 24.3 Å². The van der Waals surface area contributed by atoms with Gasteiger partial charge in [-0.1, -0.05) is 36.4 Å². The van der Waals surface area contributed by atoms with Gasteiger partial charge in [-0.25, -0.2) is 0 Å². The van der Waals surface area contributed by atoms with Crippen molar-refractivity contribution < 1.29 is 9.53 Å². The van der Waals surface area contributed by atoms with E-state index in [9.17, 15) is 4.79 Å². The number of carbonyl (C=O) groups is 1. The lowest BCUT2D eigenvalue weighted by Gasteiger charge is -2.07. The van der Waals surface area contributed by atoms with E-state index in [4.69, 9.17) is 4.74 Å². The molecule has 0 aliphatic heterocycles. The standard InChI is InChI=1S/C18H18O2/c19-18-11-9-15-8-10-16(13-17(15)18)20-12-4-7-14-5-2-1-3-6-14/h1-3,5-6,8,10,13H,4,7,9,11-12H2. The number of carbonyl (C=O) groups excluding carboxylic acids is 1. The molecule has 1 aliphatic rings. The Hall–Kier alpha value is -2.09. The van der Waals surface area contributed by atoms with Crippen LogP contribution in [-0.2, 0) is 12.8 Å². The van der Waals surface area contributed by atoms with Crippen molar-refractivity contribution in [3.8, 4) is 5.75 Å². The van der Waals surface area contributed by atoms with Gasteiger partial charge >= 0.3 is 0 Å². The Balaban J connectivity index is 1.52. The van der Waals surface area contributed by atoms with Crippen molar-refractivity contribution in [2.45, 2.75) is 25.7 Å². The first kappa shape index (κ1) is 12.9. The first-order chi connectivity index (χ1) is 9.83. The molecule has 102 valence electrons. The van der Waals surface area contributed by atoms with Gasteiger partial charge in [0, 0.05) is 12.0 Å². The molecular formula is C18H18O2. The van der Waals surface area contributed by atoms with Gasteiger partial charge in [0.05, 0.1) is 6.61 Å². The van der Waals surface area contributed by atoms with E-state index >= 15 is 0 Å². The van der Waals surface area contributed by atoms with Crippen molar-refractivity contribution in [1.82, 2.24) is 0 Å². The zero-order chi connectivity index (χ0) is 13.8. The minimum Gasteiger partial charge on any atom is -0.494 e. The maximum absolute atomic E-state index is 11.7. The third kappa shape index (κ3) is 2.90. The number of hydrogen-bond acceptors (Lipinski definition) is 2. The predicted molar refractivity (Wildman–Crippen MR) is 79.4 cm³/mol. The molecular weight excluding hydrogens is 248 g/mol. The van der Waals surface area contributed by atoms with Crippen LogP contribution in [0.15, 0.2) is 48.5 Å². The molecule has 0 N–H and O–H groups in total. The molecule has 0 amide bonds. The van der Waals surface area contributed by atoms with Crippen molar-refractivity contribution >= 4 is 5.78 Å². The number of aryl methyl sites for hydroxylation is 2. The molecule has 2 aromatic carbocycles. The topological polar surface area (TPSA) is 26.3 Å². The van der Waals surface area contributed by atoms with E-state index in [-0.39, 0.29) is 5.78 Å². The summed E-state index contributed by atoms with van der Waals surface area (Å²) >= 11 is 0. The normalized spacial score (nSPS) is 13.3. The first-order valence-electron chi connectivity index (χ1n) is 7.16. The Bertz CT molecular complexity index is 602. The number of benzene rings is 2. The second-order valence-electron chi connectivity index (χ2n) is 5.18. The molecule has 0 aromatic heterocycles. The molecule has 0 bridgehead atoms. The van der Waals surface area contributed by atoms with Gasteiger partial charge in [0.25, 0.3) is 0 Å². The van der Waals surface area contributed by atoms with Crippen LogP contribution in [0.25, 0.3) is 0 Å². The van der Waals surface area contributed by atoms with Crippen LogP contribution >= 0.6 is 0 Å². The number of rotatable bonds is 5. The van der Waals surface area contributed by atoms with E-state index in [0.29, 0.717) is 13.0 Å². The van der Waals surface area contributed by atoms with Crippen LogP contribution in [0.1, 0.15) is 34.3 Å². The smallest absolute Gasteiger partial charge is 0.163 e.